The van der Waals surface area contributed by atoms with Crippen LogP contribution in [0.15, 0.2) is 55.0 Å². The molecule has 4 aromatic rings. The van der Waals surface area contributed by atoms with Crippen LogP contribution in [0.1, 0.15) is 58.4 Å². The highest BCUT2D eigenvalue weighted by Crippen LogP contribution is 2.28. The number of carbonyl (C=O) groups excluding carboxylic acids is 2. The number of hydrogen-bond acceptors (Lipinski definition) is 5. The molecule has 3 N–H and O–H groups in total. The minimum absolute atomic E-state index is 0.0497. The van der Waals surface area contributed by atoms with Gasteiger partial charge in [-0.05, 0) is 74.1 Å². The fraction of sp³-hybridized carbons (Fsp3) is 0.355. The van der Waals surface area contributed by atoms with E-state index in [0.717, 1.165) is 33.2 Å². The van der Waals surface area contributed by atoms with Crippen LogP contribution in [0.5, 0.6) is 0 Å². The molecule has 0 radical (unpaired) electrons. The molecule has 4 rings (SSSR count). The van der Waals surface area contributed by atoms with Crippen LogP contribution in [0.2, 0.25) is 0 Å². The number of nitrogens with zero attached hydrogens (tertiary/aromatic N) is 3. The Kier molecular flexibility index (Phi) is 9.57. The average molecular weight is 560 g/mol. The second-order valence-corrected chi connectivity index (χ2v) is 10.3. The minimum atomic E-state index is -0.850. The van der Waals surface area contributed by atoms with Gasteiger partial charge in [0.05, 0.1) is 19.3 Å². The Labute approximate surface area is 239 Å². The number of methoxy groups -OCH3 is 1. The summed E-state index contributed by atoms with van der Waals surface area (Å²) in [5.41, 5.74) is 5.83. The third kappa shape index (κ3) is 7.40. The fourth-order valence-corrected chi connectivity index (χ4v) is 4.85. The number of rotatable bonds is 13. The van der Waals surface area contributed by atoms with Crippen LogP contribution in [-0.2, 0) is 27.3 Å². The predicted molar refractivity (Wildman–Crippen MR) is 157 cm³/mol. The zero-order valence-corrected chi connectivity index (χ0v) is 23.9. The monoisotopic (exact) mass is 559 g/mol. The van der Waals surface area contributed by atoms with Crippen molar-refractivity contribution in [1.82, 2.24) is 19.7 Å². The van der Waals surface area contributed by atoms with Crippen molar-refractivity contribution in [2.45, 2.75) is 52.6 Å². The number of carboxylic acids is 1. The quantitative estimate of drug-likeness (QED) is 0.207. The van der Waals surface area contributed by atoms with Gasteiger partial charge in [0, 0.05) is 54.6 Å². The summed E-state index contributed by atoms with van der Waals surface area (Å²) < 4.78 is 8.73. The molecule has 10 nitrogen and oxygen atoms in total. The largest absolute Gasteiger partial charge is 0.481 e. The molecule has 0 aliphatic heterocycles. The summed E-state index contributed by atoms with van der Waals surface area (Å²) in [5.74, 6) is -1.28. The van der Waals surface area contributed by atoms with Gasteiger partial charge in [0.1, 0.15) is 6.04 Å². The molecule has 0 saturated carbocycles. The van der Waals surface area contributed by atoms with Crippen molar-refractivity contribution >= 4 is 34.4 Å². The van der Waals surface area contributed by atoms with Gasteiger partial charge in [0.25, 0.3) is 5.91 Å². The molecule has 41 heavy (non-hydrogen) atoms. The standard InChI is InChI=1S/C31H37N5O5/c1-20-16-33-35(17-20)19-23-8-9-24(6-5-7-29(37)38)27(14-23)34-30(39)22(3)36-18-21(2)26-11-10-25(15-28(26)36)31(40)32-12-13-41-4/h8-11,14-18,22H,5-7,12-13,19H2,1-4H3,(H,32,40)(H,34,39)(H,37,38). The second kappa shape index (κ2) is 13.3. The summed E-state index contributed by atoms with van der Waals surface area (Å²) in [4.78, 5) is 37.4. The van der Waals surface area contributed by atoms with E-state index in [2.05, 4.69) is 15.7 Å². The van der Waals surface area contributed by atoms with Gasteiger partial charge in [-0.2, -0.15) is 5.10 Å². The smallest absolute Gasteiger partial charge is 0.303 e. The highest BCUT2D eigenvalue weighted by atomic mass is 16.5. The lowest BCUT2D eigenvalue weighted by atomic mass is 10.0. The maximum absolute atomic E-state index is 13.6. The summed E-state index contributed by atoms with van der Waals surface area (Å²) >= 11 is 0. The molecule has 0 bridgehead atoms. The Morgan fingerprint density at radius 2 is 1.90 bits per heavy atom. The van der Waals surface area contributed by atoms with Gasteiger partial charge in [0.2, 0.25) is 5.91 Å². The van der Waals surface area contributed by atoms with Crippen LogP contribution >= 0.6 is 0 Å². The zero-order valence-electron chi connectivity index (χ0n) is 23.9. The molecule has 10 heteroatoms. The van der Waals surface area contributed by atoms with Crippen LogP contribution in [0, 0.1) is 13.8 Å². The van der Waals surface area contributed by atoms with Gasteiger partial charge < -0.3 is 25.0 Å². The highest BCUT2D eigenvalue weighted by molar-refractivity contribution is 6.00. The van der Waals surface area contributed by atoms with Crippen LogP contribution in [0.25, 0.3) is 10.9 Å². The second-order valence-electron chi connectivity index (χ2n) is 10.3. The normalized spacial score (nSPS) is 11.9. The number of nitrogens with one attached hydrogen (secondary N) is 2. The number of anilines is 1. The molecule has 2 amide bonds. The van der Waals surface area contributed by atoms with Crippen molar-refractivity contribution in [3.05, 3.63) is 82.8 Å². The van der Waals surface area contributed by atoms with E-state index < -0.39 is 12.0 Å². The number of hydrogen-bond donors (Lipinski definition) is 3. The average Bonchev–Trinajstić information content (AvgIpc) is 3.50. The number of aliphatic carboxylic acids is 1. The zero-order chi connectivity index (χ0) is 29.5. The minimum Gasteiger partial charge on any atom is -0.481 e. The summed E-state index contributed by atoms with van der Waals surface area (Å²) in [6.45, 7) is 7.13. The molecule has 0 spiro atoms. The first kappa shape index (κ1) is 29.5. The van der Waals surface area contributed by atoms with Gasteiger partial charge >= 0.3 is 5.97 Å². The lowest BCUT2D eigenvalue weighted by Crippen LogP contribution is -2.27. The molecule has 0 saturated heterocycles. The highest BCUT2D eigenvalue weighted by Gasteiger charge is 2.21. The maximum atomic E-state index is 13.6. The van der Waals surface area contributed by atoms with Gasteiger partial charge in [-0.3, -0.25) is 19.1 Å². The molecule has 0 aliphatic rings. The van der Waals surface area contributed by atoms with Gasteiger partial charge in [-0.15, -0.1) is 0 Å². The Bertz CT molecular complexity index is 1550. The molecule has 2 aromatic carbocycles. The molecular formula is C31H37N5O5. The van der Waals surface area contributed by atoms with E-state index in [1.54, 1.807) is 25.4 Å². The molecule has 0 fully saturated rings. The van der Waals surface area contributed by atoms with E-state index in [1.807, 2.05) is 66.7 Å². The van der Waals surface area contributed by atoms with E-state index in [9.17, 15) is 14.4 Å². The van der Waals surface area contributed by atoms with Gasteiger partial charge in [0.15, 0.2) is 0 Å². The van der Waals surface area contributed by atoms with Crippen molar-refractivity contribution in [1.29, 1.82) is 0 Å². The van der Waals surface area contributed by atoms with E-state index in [1.165, 1.54) is 0 Å². The Hall–Kier alpha value is -4.44. The Morgan fingerprint density at radius 3 is 2.61 bits per heavy atom. The molecule has 1 atom stereocenters. The number of aromatic nitrogens is 3. The summed E-state index contributed by atoms with van der Waals surface area (Å²) in [6, 6.07) is 10.8. The van der Waals surface area contributed by atoms with E-state index in [-0.39, 0.29) is 18.2 Å². The number of fused-ring (bicyclic) bond motifs is 1. The van der Waals surface area contributed by atoms with Crippen molar-refractivity contribution in [2.75, 3.05) is 25.6 Å². The van der Waals surface area contributed by atoms with Crippen molar-refractivity contribution in [2.24, 2.45) is 0 Å². The molecule has 0 aliphatic carbocycles. The Morgan fingerprint density at radius 1 is 1.10 bits per heavy atom. The van der Waals surface area contributed by atoms with Crippen molar-refractivity contribution in [3.63, 3.8) is 0 Å². The molecule has 2 heterocycles. The van der Waals surface area contributed by atoms with Crippen LogP contribution in [-0.4, -0.2) is 57.5 Å². The van der Waals surface area contributed by atoms with Crippen LogP contribution in [0.3, 0.4) is 0 Å². The summed E-state index contributed by atoms with van der Waals surface area (Å²) in [6.07, 6.45) is 6.70. The first-order valence-corrected chi connectivity index (χ1v) is 13.7. The number of amides is 2. The SMILES string of the molecule is COCCNC(=O)c1ccc2c(C)cn(C(C)C(=O)Nc3cc(Cn4cc(C)cn4)ccc3CCCC(=O)O)c2c1. The van der Waals surface area contributed by atoms with Gasteiger partial charge in [-0.1, -0.05) is 18.2 Å². The lowest BCUT2D eigenvalue weighted by Gasteiger charge is -2.18. The summed E-state index contributed by atoms with van der Waals surface area (Å²) in [5, 5.41) is 20.3. The lowest BCUT2D eigenvalue weighted by molar-refractivity contribution is -0.137. The molecular weight excluding hydrogens is 522 g/mol. The van der Waals surface area contributed by atoms with E-state index in [4.69, 9.17) is 9.84 Å². The van der Waals surface area contributed by atoms with Crippen LogP contribution in [0.4, 0.5) is 5.69 Å². The number of ether oxygens (including phenoxy) is 1. The number of carboxylic acid groups (broad SMARTS) is 1. The maximum Gasteiger partial charge on any atom is 0.303 e. The topological polar surface area (TPSA) is 127 Å². The first-order valence-electron chi connectivity index (χ1n) is 13.7. The molecule has 216 valence electrons. The van der Waals surface area contributed by atoms with Crippen molar-refractivity contribution < 1.29 is 24.2 Å². The van der Waals surface area contributed by atoms with Crippen LogP contribution < -0.4 is 10.6 Å². The first-order chi connectivity index (χ1) is 19.7. The fourth-order valence-electron chi connectivity index (χ4n) is 4.85. The third-order valence-corrected chi connectivity index (χ3v) is 7.06. The van der Waals surface area contributed by atoms with Gasteiger partial charge in [-0.25, -0.2) is 0 Å². The molecule has 1 unspecified atom stereocenters. The molecule has 2 aromatic heterocycles. The Balaban J connectivity index is 1.59. The number of aryl methyl sites for hydroxylation is 3. The third-order valence-electron chi connectivity index (χ3n) is 7.06. The van der Waals surface area contributed by atoms with E-state index >= 15 is 0 Å². The number of carbonyl (C=O) groups is 3. The number of benzene rings is 2. The predicted octanol–water partition coefficient (Wildman–Crippen LogP) is 4.49. The van der Waals surface area contributed by atoms with Crippen molar-refractivity contribution in [3.8, 4) is 0 Å². The van der Waals surface area contributed by atoms with E-state index in [0.29, 0.717) is 43.8 Å². The summed E-state index contributed by atoms with van der Waals surface area (Å²) in [7, 11) is 1.58.